The van der Waals surface area contributed by atoms with Gasteiger partial charge in [-0.25, -0.2) is 0 Å². The lowest BCUT2D eigenvalue weighted by Gasteiger charge is -2.07. The van der Waals surface area contributed by atoms with Gasteiger partial charge in [-0.3, -0.25) is 9.59 Å². The van der Waals surface area contributed by atoms with Crippen molar-refractivity contribution in [2.24, 2.45) is 5.92 Å². The first-order valence-electron chi connectivity index (χ1n) is 12.4. The van der Waals surface area contributed by atoms with E-state index in [1.807, 2.05) is 13.8 Å². The molecule has 0 aliphatic rings. The highest BCUT2D eigenvalue weighted by atomic mass is 16.5. The first kappa shape index (κ1) is 27.9. The molecule has 0 unspecified atom stereocenters. The Hall–Kier alpha value is -1.06. The van der Waals surface area contributed by atoms with Gasteiger partial charge in [0.25, 0.3) is 0 Å². The second-order valence-corrected chi connectivity index (χ2v) is 8.75. The van der Waals surface area contributed by atoms with Crippen molar-refractivity contribution in [3.05, 3.63) is 0 Å². The van der Waals surface area contributed by atoms with Crippen LogP contribution < -0.4 is 0 Å². The molecule has 0 radical (unpaired) electrons. The summed E-state index contributed by atoms with van der Waals surface area (Å²) in [6.45, 7) is 7.12. The highest BCUT2D eigenvalue weighted by Gasteiger charge is 2.09. The smallest absolute Gasteiger partial charge is 0.306 e. The molecule has 4 nitrogen and oxygen atoms in total. The molecule has 0 heterocycles. The summed E-state index contributed by atoms with van der Waals surface area (Å²) in [5, 5.41) is 0. The van der Waals surface area contributed by atoms with E-state index in [0.717, 1.165) is 12.8 Å². The zero-order chi connectivity index (χ0) is 21.6. The van der Waals surface area contributed by atoms with Crippen LogP contribution >= 0.6 is 0 Å². The largest absolute Gasteiger partial charge is 0.466 e. The fraction of sp³-hybridized carbons (Fsp3) is 0.920. The molecule has 0 saturated carbocycles. The van der Waals surface area contributed by atoms with Gasteiger partial charge in [0.2, 0.25) is 0 Å². The van der Waals surface area contributed by atoms with Crippen LogP contribution in [0.2, 0.25) is 0 Å². The van der Waals surface area contributed by atoms with Gasteiger partial charge in [0, 0.05) is 0 Å². The van der Waals surface area contributed by atoms with Crippen molar-refractivity contribution in [1.29, 1.82) is 0 Å². The van der Waals surface area contributed by atoms with E-state index >= 15 is 0 Å². The summed E-state index contributed by atoms with van der Waals surface area (Å²) in [7, 11) is 0. The number of ether oxygens (including phenoxy) is 2. The molecule has 0 spiro atoms. The predicted octanol–water partition coefficient (Wildman–Crippen LogP) is 7.38. The van der Waals surface area contributed by atoms with Gasteiger partial charge in [-0.1, -0.05) is 111 Å². The highest BCUT2D eigenvalue weighted by Crippen LogP contribution is 2.13. The Morgan fingerprint density at radius 1 is 0.586 bits per heavy atom. The molecule has 0 aliphatic carbocycles. The van der Waals surface area contributed by atoms with Crippen LogP contribution in [0.25, 0.3) is 0 Å². The number of carbonyl (C=O) groups is 2. The van der Waals surface area contributed by atoms with Crippen molar-refractivity contribution >= 4 is 11.9 Å². The molecular formula is C25H48O4. The molecule has 0 aromatic heterocycles. The Labute approximate surface area is 180 Å². The summed E-state index contributed by atoms with van der Waals surface area (Å²) in [6.07, 6.45) is 20.1. The minimum atomic E-state index is -0.317. The quantitative estimate of drug-likeness (QED) is 0.146. The number of unbranched alkanes of at least 4 members (excludes halogenated alkanes) is 14. The fourth-order valence-electron chi connectivity index (χ4n) is 3.27. The lowest BCUT2D eigenvalue weighted by molar-refractivity contribution is -0.151. The van der Waals surface area contributed by atoms with Crippen LogP contribution in [0.15, 0.2) is 0 Å². The van der Waals surface area contributed by atoms with Crippen molar-refractivity contribution in [1.82, 2.24) is 0 Å². The van der Waals surface area contributed by atoms with Crippen molar-refractivity contribution in [2.45, 2.75) is 130 Å². The minimum absolute atomic E-state index is 0.115. The number of carbonyl (C=O) groups excluding carboxylic acids is 2. The van der Waals surface area contributed by atoms with Gasteiger partial charge < -0.3 is 9.47 Å². The summed E-state index contributed by atoms with van der Waals surface area (Å²) in [4.78, 5) is 23.0. The molecule has 0 aliphatic heterocycles. The Kier molecular flexibility index (Phi) is 20.9. The molecular weight excluding hydrogens is 364 g/mol. The topological polar surface area (TPSA) is 52.6 Å². The van der Waals surface area contributed by atoms with E-state index in [1.165, 1.54) is 83.5 Å². The summed E-state index contributed by atoms with van der Waals surface area (Å²) in [5.74, 6) is -0.296. The zero-order valence-electron chi connectivity index (χ0n) is 19.6. The van der Waals surface area contributed by atoms with Crippen LogP contribution in [0, 0.1) is 5.92 Å². The third kappa shape index (κ3) is 23.1. The van der Waals surface area contributed by atoms with Crippen LogP contribution in [0.5, 0.6) is 0 Å². The Morgan fingerprint density at radius 3 is 1.38 bits per heavy atom. The number of rotatable bonds is 21. The van der Waals surface area contributed by atoms with E-state index in [9.17, 15) is 9.59 Å². The molecule has 0 N–H and O–H groups in total. The van der Waals surface area contributed by atoms with Crippen molar-refractivity contribution in [3.63, 3.8) is 0 Å². The van der Waals surface area contributed by atoms with Gasteiger partial charge in [-0.15, -0.1) is 0 Å². The molecule has 4 heteroatoms. The van der Waals surface area contributed by atoms with Gasteiger partial charge in [-0.2, -0.15) is 0 Å². The summed E-state index contributed by atoms with van der Waals surface area (Å²) < 4.78 is 10.2. The first-order valence-corrected chi connectivity index (χ1v) is 12.4. The molecule has 0 fully saturated rings. The van der Waals surface area contributed by atoms with Crippen LogP contribution in [-0.4, -0.2) is 25.2 Å². The molecule has 0 amide bonds. The first-order chi connectivity index (χ1) is 14.1. The van der Waals surface area contributed by atoms with Crippen LogP contribution in [-0.2, 0) is 19.1 Å². The number of esters is 2. The van der Waals surface area contributed by atoms with E-state index in [1.54, 1.807) is 0 Å². The third-order valence-corrected chi connectivity index (χ3v) is 5.12. The monoisotopic (exact) mass is 412 g/mol. The van der Waals surface area contributed by atoms with Gasteiger partial charge in [0.1, 0.15) is 0 Å². The maximum Gasteiger partial charge on any atom is 0.306 e. The summed E-state index contributed by atoms with van der Waals surface area (Å²) >= 11 is 0. The molecule has 0 rings (SSSR count). The second kappa shape index (κ2) is 21.6. The van der Waals surface area contributed by atoms with Gasteiger partial charge in [0.05, 0.1) is 26.1 Å². The van der Waals surface area contributed by atoms with E-state index in [0.29, 0.717) is 19.1 Å². The standard InChI is InChI=1S/C25H48O4/c1-4-5-6-7-8-9-10-11-12-13-14-15-16-17-18-21-28-24(26)19-20-25(27)29-22-23(2)3/h23H,4-22H2,1-3H3. The second-order valence-electron chi connectivity index (χ2n) is 8.75. The Morgan fingerprint density at radius 2 is 0.966 bits per heavy atom. The van der Waals surface area contributed by atoms with E-state index < -0.39 is 0 Å². The maximum absolute atomic E-state index is 11.6. The molecule has 0 aromatic rings. The number of hydrogen-bond acceptors (Lipinski definition) is 4. The fourth-order valence-corrected chi connectivity index (χ4v) is 3.27. The van der Waals surface area contributed by atoms with Gasteiger partial charge >= 0.3 is 11.9 Å². The third-order valence-electron chi connectivity index (χ3n) is 5.12. The highest BCUT2D eigenvalue weighted by molar-refractivity contribution is 5.77. The van der Waals surface area contributed by atoms with Crippen molar-refractivity contribution in [3.8, 4) is 0 Å². The van der Waals surface area contributed by atoms with Gasteiger partial charge in [-0.05, 0) is 12.3 Å². The lowest BCUT2D eigenvalue weighted by atomic mass is 10.0. The molecule has 29 heavy (non-hydrogen) atoms. The average Bonchev–Trinajstić information content (AvgIpc) is 2.70. The lowest BCUT2D eigenvalue weighted by Crippen LogP contribution is -2.13. The van der Waals surface area contributed by atoms with Crippen LogP contribution in [0.4, 0.5) is 0 Å². The maximum atomic E-state index is 11.6. The number of hydrogen-bond donors (Lipinski definition) is 0. The zero-order valence-corrected chi connectivity index (χ0v) is 19.6. The van der Waals surface area contributed by atoms with Crippen LogP contribution in [0.3, 0.4) is 0 Å². The molecule has 0 bridgehead atoms. The molecule has 172 valence electrons. The predicted molar refractivity (Wildman–Crippen MR) is 121 cm³/mol. The van der Waals surface area contributed by atoms with Crippen molar-refractivity contribution in [2.75, 3.05) is 13.2 Å². The van der Waals surface area contributed by atoms with E-state index in [4.69, 9.17) is 9.47 Å². The van der Waals surface area contributed by atoms with Crippen molar-refractivity contribution < 1.29 is 19.1 Å². The molecule has 0 aromatic carbocycles. The normalized spacial score (nSPS) is 11.0. The van der Waals surface area contributed by atoms with E-state index in [-0.39, 0.29) is 24.8 Å². The van der Waals surface area contributed by atoms with Gasteiger partial charge in [0.15, 0.2) is 0 Å². The Balaban J connectivity index is 3.23. The summed E-state index contributed by atoms with van der Waals surface area (Å²) in [6, 6.07) is 0. The average molecular weight is 413 g/mol. The SMILES string of the molecule is CCCCCCCCCCCCCCCCCOC(=O)CCC(=O)OCC(C)C. The van der Waals surface area contributed by atoms with Crippen LogP contribution in [0.1, 0.15) is 130 Å². The Bertz CT molecular complexity index is 379. The molecule has 0 atom stereocenters. The summed E-state index contributed by atoms with van der Waals surface area (Å²) in [5.41, 5.74) is 0. The molecule has 0 saturated heterocycles. The van der Waals surface area contributed by atoms with E-state index in [2.05, 4.69) is 6.92 Å². The minimum Gasteiger partial charge on any atom is -0.466 e.